The summed E-state index contributed by atoms with van der Waals surface area (Å²) in [6, 6.07) is 26.0. The van der Waals surface area contributed by atoms with Crippen molar-refractivity contribution >= 4 is 54.5 Å². The molecular formula is C41H44N2O8S2. The molecule has 2 aliphatic carbocycles. The number of nitrogens with zero attached hydrogens (tertiary/aromatic N) is 1. The minimum Gasteiger partial charge on any atom is -0.462 e. The summed E-state index contributed by atoms with van der Waals surface area (Å²) >= 11 is 0. The van der Waals surface area contributed by atoms with Gasteiger partial charge in [0, 0.05) is 12.7 Å². The number of allylic oxidation sites excluding steroid dienone is 2. The topological polar surface area (TPSA) is 136 Å². The molecule has 0 saturated carbocycles. The van der Waals surface area contributed by atoms with Crippen LogP contribution in [0.5, 0.6) is 0 Å². The van der Waals surface area contributed by atoms with Gasteiger partial charge in [0.2, 0.25) is 20.0 Å². The minimum absolute atomic E-state index is 0.330. The lowest BCUT2D eigenvalue weighted by Gasteiger charge is -2.18. The zero-order valence-corrected chi connectivity index (χ0v) is 32.6. The van der Waals surface area contributed by atoms with Crippen molar-refractivity contribution in [2.24, 2.45) is 0 Å². The molecule has 2 aliphatic rings. The Kier molecular flexibility index (Phi) is 11.6. The molecule has 10 nitrogen and oxygen atoms in total. The normalized spacial score (nSPS) is 13.5. The van der Waals surface area contributed by atoms with E-state index in [1.54, 1.807) is 38.1 Å². The van der Waals surface area contributed by atoms with Gasteiger partial charge in [-0.3, -0.25) is 9.03 Å². The number of ether oxygens (including phenoxy) is 2. The van der Waals surface area contributed by atoms with E-state index in [0.717, 1.165) is 63.6 Å². The molecule has 0 amide bonds. The minimum atomic E-state index is -3.34. The van der Waals surface area contributed by atoms with E-state index in [1.807, 2.05) is 60.7 Å². The predicted octanol–water partition coefficient (Wildman–Crippen LogP) is 7.25. The second-order valence-corrected chi connectivity index (χ2v) is 16.8. The van der Waals surface area contributed by atoms with Crippen molar-refractivity contribution < 1.29 is 35.9 Å². The molecule has 0 bridgehead atoms. The highest BCUT2D eigenvalue weighted by atomic mass is 32.2. The van der Waals surface area contributed by atoms with Crippen LogP contribution in [0.15, 0.2) is 96.1 Å². The zero-order valence-electron chi connectivity index (χ0n) is 30.9. The van der Waals surface area contributed by atoms with Gasteiger partial charge in [0.15, 0.2) is 0 Å². The highest BCUT2D eigenvalue weighted by Gasteiger charge is 2.24. The number of nitrogens with one attached hydrogen (secondary N) is 1. The van der Waals surface area contributed by atoms with Gasteiger partial charge < -0.3 is 9.47 Å². The Bertz CT molecular complexity index is 2380. The van der Waals surface area contributed by atoms with Crippen molar-refractivity contribution in [3.63, 3.8) is 0 Å². The molecule has 0 fully saturated rings. The lowest BCUT2D eigenvalue weighted by Crippen LogP contribution is -2.24. The molecule has 12 heteroatoms. The largest absolute Gasteiger partial charge is 0.462 e. The van der Waals surface area contributed by atoms with Crippen LogP contribution in [0, 0.1) is 0 Å². The van der Waals surface area contributed by atoms with Crippen LogP contribution in [-0.2, 0) is 42.4 Å². The van der Waals surface area contributed by atoms with Gasteiger partial charge in [-0.25, -0.2) is 26.4 Å². The summed E-state index contributed by atoms with van der Waals surface area (Å²) in [5.41, 5.74) is 12.7. The molecule has 4 aromatic rings. The second kappa shape index (κ2) is 15.8. The number of fused-ring (bicyclic) bond motifs is 2. The summed E-state index contributed by atoms with van der Waals surface area (Å²) < 4.78 is 60.7. The Labute approximate surface area is 312 Å². The monoisotopic (exact) mass is 756 g/mol. The SMILES string of the molecule is CCOC(=O)c1ccc2c(c1)C(c1cccc(N(C)S(C)(=O)=O)c1)=C(C)C2.CCOC(=O)c1ccc2c(c1)C(c1cccc(NS(C)(=O)=O)c1)=C(C)C2. The Balaban J connectivity index is 0.000000204. The van der Waals surface area contributed by atoms with Crippen LogP contribution < -0.4 is 9.03 Å². The Hall–Kier alpha value is -5.20. The summed E-state index contributed by atoms with van der Waals surface area (Å²) in [5.74, 6) is -0.679. The third-order valence-corrected chi connectivity index (χ3v) is 10.8. The third-order valence-electron chi connectivity index (χ3n) is 9.00. The highest BCUT2D eigenvalue weighted by Crippen LogP contribution is 2.40. The number of carbonyl (C=O) groups excluding carboxylic acids is 2. The standard InChI is InChI=1S/C21H23NO4S.C20H21NO4S/c1-5-26-21(23)17-10-9-15-11-14(2)20(19(15)13-17)16-7-6-8-18(12-16)22(3)27(4,24)25;1-4-25-20(22)16-9-8-14-10-13(2)19(18(14)12-16)15-6-5-7-17(11-15)21-26(3,23)24/h6-10,12-13H,5,11H2,1-4H3;5-9,11-12,21H,4,10H2,1-3H3. The molecule has 0 saturated heterocycles. The van der Waals surface area contributed by atoms with Gasteiger partial charge in [-0.05, 0) is 134 Å². The molecular weight excluding hydrogens is 713 g/mol. The lowest BCUT2D eigenvalue weighted by molar-refractivity contribution is 0.0516. The van der Waals surface area contributed by atoms with Crippen LogP contribution >= 0.6 is 0 Å². The van der Waals surface area contributed by atoms with Gasteiger partial charge in [-0.1, -0.05) is 47.5 Å². The summed E-state index contributed by atoms with van der Waals surface area (Å²) in [5, 5.41) is 0. The number of carbonyl (C=O) groups is 2. The average Bonchev–Trinajstić information content (AvgIpc) is 3.61. The summed E-state index contributed by atoms with van der Waals surface area (Å²) in [7, 11) is -5.14. The molecule has 1 N–H and O–H groups in total. The number of hydrogen-bond acceptors (Lipinski definition) is 8. The van der Waals surface area contributed by atoms with E-state index in [-0.39, 0.29) is 11.9 Å². The number of benzene rings is 4. The fraction of sp³-hybridized carbons (Fsp3) is 0.268. The predicted molar refractivity (Wildman–Crippen MR) is 210 cm³/mol. The zero-order chi connectivity index (χ0) is 38.7. The molecule has 4 aromatic carbocycles. The van der Waals surface area contributed by atoms with Crippen molar-refractivity contribution in [1.82, 2.24) is 0 Å². The summed E-state index contributed by atoms with van der Waals surface area (Å²) in [4.78, 5) is 24.2. The van der Waals surface area contributed by atoms with Crippen LogP contribution in [0.2, 0.25) is 0 Å². The quantitative estimate of drug-likeness (QED) is 0.167. The first-order valence-electron chi connectivity index (χ1n) is 17.1. The van der Waals surface area contributed by atoms with Crippen molar-refractivity contribution in [1.29, 1.82) is 0 Å². The third kappa shape index (κ3) is 9.06. The van der Waals surface area contributed by atoms with E-state index in [0.29, 0.717) is 35.7 Å². The van der Waals surface area contributed by atoms with Crippen molar-refractivity contribution in [2.45, 2.75) is 40.5 Å². The number of esters is 2. The molecule has 0 spiro atoms. The van der Waals surface area contributed by atoms with Gasteiger partial charge >= 0.3 is 11.9 Å². The van der Waals surface area contributed by atoms with Crippen molar-refractivity contribution in [3.8, 4) is 0 Å². The first kappa shape index (κ1) is 39.0. The summed E-state index contributed by atoms with van der Waals surface area (Å²) in [6.07, 6.45) is 3.92. The van der Waals surface area contributed by atoms with Crippen molar-refractivity contribution in [3.05, 3.63) is 141 Å². The second-order valence-electron chi connectivity index (χ2n) is 13.1. The molecule has 0 heterocycles. The van der Waals surface area contributed by atoms with Crippen LogP contribution in [0.3, 0.4) is 0 Å². The number of rotatable bonds is 10. The molecule has 6 rings (SSSR count). The average molecular weight is 757 g/mol. The fourth-order valence-electron chi connectivity index (χ4n) is 6.62. The van der Waals surface area contributed by atoms with E-state index < -0.39 is 20.0 Å². The van der Waals surface area contributed by atoms with Gasteiger partial charge in [0.1, 0.15) is 0 Å². The maximum Gasteiger partial charge on any atom is 0.338 e. The van der Waals surface area contributed by atoms with E-state index in [1.165, 1.54) is 28.8 Å². The Morgan fingerprint density at radius 3 is 1.60 bits per heavy atom. The first-order valence-corrected chi connectivity index (χ1v) is 20.9. The van der Waals surface area contributed by atoms with Crippen LogP contribution in [0.1, 0.15) is 81.8 Å². The first-order chi connectivity index (χ1) is 25.0. The maximum atomic E-state index is 12.1. The highest BCUT2D eigenvalue weighted by molar-refractivity contribution is 7.92. The molecule has 0 radical (unpaired) electrons. The smallest absolute Gasteiger partial charge is 0.338 e. The van der Waals surface area contributed by atoms with Gasteiger partial charge in [-0.15, -0.1) is 0 Å². The van der Waals surface area contributed by atoms with E-state index in [9.17, 15) is 26.4 Å². The molecule has 0 unspecified atom stereocenters. The van der Waals surface area contributed by atoms with Crippen LogP contribution in [0.25, 0.3) is 11.1 Å². The molecule has 0 atom stereocenters. The van der Waals surface area contributed by atoms with Crippen LogP contribution in [-0.4, -0.2) is 61.5 Å². The fourth-order valence-corrected chi connectivity index (χ4v) is 7.67. The number of anilines is 2. The van der Waals surface area contributed by atoms with Gasteiger partial charge in [0.05, 0.1) is 42.5 Å². The molecule has 53 heavy (non-hydrogen) atoms. The Morgan fingerprint density at radius 2 is 1.15 bits per heavy atom. The maximum absolute atomic E-state index is 12.1. The van der Waals surface area contributed by atoms with Crippen LogP contribution in [0.4, 0.5) is 11.4 Å². The van der Waals surface area contributed by atoms with Crippen molar-refractivity contribution in [2.75, 3.05) is 41.8 Å². The molecule has 0 aliphatic heterocycles. The number of hydrogen-bond donors (Lipinski definition) is 1. The number of sulfonamides is 2. The Morgan fingerprint density at radius 1 is 0.679 bits per heavy atom. The molecule has 278 valence electrons. The van der Waals surface area contributed by atoms with E-state index >= 15 is 0 Å². The summed E-state index contributed by atoms with van der Waals surface area (Å²) in [6.45, 7) is 8.34. The van der Waals surface area contributed by atoms with Gasteiger partial charge in [-0.2, -0.15) is 0 Å². The van der Waals surface area contributed by atoms with E-state index in [4.69, 9.17) is 9.47 Å². The van der Waals surface area contributed by atoms with E-state index in [2.05, 4.69) is 18.6 Å². The molecule has 0 aromatic heterocycles. The van der Waals surface area contributed by atoms with Gasteiger partial charge in [0.25, 0.3) is 0 Å². The lowest BCUT2D eigenvalue weighted by atomic mass is 9.96.